The molecule has 0 nitrogen and oxygen atoms in total. The normalized spacial score (nSPS) is 9.80. The molecule has 1 rings (SSSR count). The van der Waals surface area contributed by atoms with Crippen LogP contribution in [0, 0.1) is 6.92 Å². The Labute approximate surface area is 62.9 Å². The highest BCUT2D eigenvalue weighted by atomic mass is 13.9. The molecule has 0 fully saturated rings. The van der Waals surface area contributed by atoms with Crippen LogP contribution in [-0.2, 0) is 6.42 Å². The van der Waals surface area contributed by atoms with Gasteiger partial charge in [-0.25, -0.2) is 0 Å². The monoisotopic (exact) mass is 134 g/mol. The molecule has 0 heteroatoms. The van der Waals surface area contributed by atoms with Gasteiger partial charge in [0.1, 0.15) is 0 Å². The van der Waals surface area contributed by atoms with Crippen LogP contribution in [0.15, 0.2) is 24.3 Å². The summed E-state index contributed by atoms with van der Waals surface area (Å²) in [5, 5.41) is 0. The molecule has 0 aromatic heterocycles. The first-order chi connectivity index (χ1) is 4.83. The molecule has 1 aromatic rings. The smallest absolute Gasteiger partial charge is 0.0281 e. The van der Waals surface area contributed by atoms with Crippen LogP contribution in [0.2, 0.25) is 0 Å². The van der Waals surface area contributed by atoms with Crippen molar-refractivity contribution < 1.29 is 0 Å². The third kappa shape index (κ3) is 1.87. The van der Waals surface area contributed by atoms with Crippen molar-refractivity contribution in [2.75, 3.05) is 0 Å². The summed E-state index contributed by atoms with van der Waals surface area (Å²) in [6.07, 6.45) is 2.45. The molecule has 0 aliphatic carbocycles. The Morgan fingerprint density at radius 2 is 1.70 bits per heavy atom. The zero-order valence-corrected chi connectivity index (χ0v) is 6.72. The molecule has 54 valence electrons. The van der Waals surface area contributed by atoms with E-state index in [2.05, 4.69) is 38.1 Å². The fourth-order valence-corrected chi connectivity index (χ4v) is 1.04. The van der Waals surface area contributed by atoms with E-state index < -0.39 is 0 Å². The lowest BCUT2D eigenvalue weighted by Gasteiger charge is -1.97. The second-order valence-corrected chi connectivity index (χ2v) is 2.74. The summed E-state index contributed by atoms with van der Waals surface area (Å²) < 4.78 is 0. The van der Waals surface area contributed by atoms with Gasteiger partial charge in [-0.2, -0.15) is 0 Å². The van der Waals surface area contributed by atoms with Gasteiger partial charge in [0.15, 0.2) is 0 Å². The van der Waals surface area contributed by atoms with E-state index in [9.17, 15) is 0 Å². The average Bonchev–Trinajstić information content (AvgIpc) is 1.95. The molecule has 0 bridgehead atoms. The minimum atomic E-state index is 1.21. The van der Waals surface area contributed by atoms with Crippen LogP contribution in [-0.4, -0.2) is 0 Å². The summed E-state index contributed by atoms with van der Waals surface area (Å²) in [5.41, 5.74) is 2.80. The lowest BCUT2D eigenvalue weighted by molar-refractivity contribution is 0.921. The van der Waals surface area contributed by atoms with Crippen LogP contribution in [0.25, 0.3) is 0 Å². The lowest BCUT2D eigenvalue weighted by Crippen LogP contribution is -1.81. The fraction of sp³-hybridized carbons (Fsp3) is 0.400. The van der Waals surface area contributed by atoms with Crippen molar-refractivity contribution in [3.8, 4) is 0 Å². The molecule has 1 aromatic carbocycles. The van der Waals surface area contributed by atoms with Gasteiger partial charge < -0.3 is 0 Å². The Morgan fingerprint density at radius 1 is 1.10 bits per heavy atom. The average molecular weight is 134 g/mol. The summed E-state index contributed by atoms with van der Waals surface area (Å²) in [6.45, 7) is 4.33. The van der Waals surface area contributed by atoms with Crippen LogP contribution in [0.5, 0.6) is 0 Å². The van der Waals surface area contributed by atoms with Gasteiger partial charge in [-0.15, -0.1) is 0 Å². The molecule has 0 atom stereocenters. The molecule has 10 heavy (non-hydrogen) atoms. The van der Waals surface area contributed by atoms with E-state index in [0.717, 1.165) is 0 Å². The highest BCUT2D eigenvalue weighted by Gasteiger charge is 1.87. The van der Waals surface area contributed by atoms with Crippen molar-refractivity contribution >= 4 is 0 Å². The van der Waals surface area contributed by atoms with Gasteiger partial charge in [0.25, 0.3) is 0 Å². The highest BCUT2D eigenvalue weighted by molar-refractivity contribution is 5.21. The van der Waals surface area contributed by atoms with E-state index in [4.69, 9.17) is 0 Å². The van der Waals surface area contributed by atoms with E-state index in [1.54, 1.807) is 0 Å². The van der Waals surface area contributed by atoms with Crippen molar-refractivity contribution in [1.29, 1.82) is 0 Å². The van der Waals surface area contributed by atoms with Gasteiger partial charge in [0.2, 0.25) is 0 Å². The minimum Gasteiger partial charge on any atom is -0.0651 e. The first-order valence-corrected chi connectivity index (χ1v) is 3.88. The van der Waals surface area contributed by atoms with Gasteiger partial charge in [0, 0.05) is 0 Å². The van der Waals surface area contributed by atoms with Crippen molar-refractivity contribution in [3.05, 3.63) is 35.4 Å². The van der Waals surface area contributed by atoms with Gasteiger partial charge in [-0.05, 0) is 18.9 Å². The minimum absolute atomic E-state index is 1.21. The molecule has 0 N–H and O–H groups in total. The first kappa shape index (κ1) is 7.33. The molecular weight excluding hydrogens is 120 g/mol. The number of hydrogen-bond donors (Lipinski definition) is 0. The maximum absolute atomic E-state index is 2.21. The predicted molar refractivity (Wildman–Crippen MR) is 45.2 cm³/mol. The molecule has 0 amide bonds. The zero-order valence-electron chi connectivity index (χ0n) is 6.72. The molecule has 0 heterocycles. The van der Waals surface area contributed by atoms with E-state index >= 15 is 0 Å². The second kappa shape index (κ2) is 3.40. The highest BCUT2D eigenvalue weighted by Crippen LogP contribution is 2.04. The van der Waals surface area contributed by atoms with Crippen molar-refractivity contribution in [2.45, 2.75) is 26.7 Å². The number of hydrogen-bond acceptors (Lipinski definition) is 0. The lowest BCUT2D eigenvalue weighted by atomic mass is 10.1. The maximum Gasteiger partial charge on any atom is -0.0281 e. The Morgan fingerprint density at radius 3 is 2.20 bits per heavy atom. The van der Waals surface area contributed by atoms with Crippen molar-refractivity contribution in [1.82, 2.24) is 0 Å². The van der Waals surface area contributed by atoms with Gasteiger partial charge in [-0.3, -0.25) is 0 Å². The molecule has 0 spiro atoms. The molecule has 0 aliphatic heterocycles. The Bertz CT molecular complexity index is 184. The Kier molecular flexibility index (Phi) is 2.49. The van der Waals surface area contributed by atoms with Crippen molar-refractivity contribution in [2.24, 2.45) is 0 Å². The number of rotatable bonds is 2. The molecular formula is C10H14. The molecule has 0 radical (unpaired) electrons. The first-order valence-electron chi connectivity index (χ1n) is 3.88. The largest absolute Gasteiger partial charge is 0.0651 e. The quantitative estimate of drug-likeness (QED) is 0.583. The summed E-state index contributed by atoms with van der Waals surface area (Å²) >= 11 is 0. The standard InChI is InChI=1S/C10H14/c1-3-4-10-7-5-9(2)6-8-10/h5-8H,3-4H2,1-2H3. The van der Waals surface area contributed by atoms with Crippen molar-refractivity contribution in [3.63, 3.8) is 0 Å². The molecule has 0 aliphatic rings. The van der Waals surface area contributed by atoms with E-state index in [-0.39, 0.29) is 0 Å². The summed E-state index contributed by atoms with van der Waals surface area (Å²) in [4.78, 5) is 0. The SMILES string of the molecule is CCCc1ccc(C)cc1. The molecule has 0 saturated heterocycles. The van der Waals surface area contributed by atoms with Gasteiger partial charge >= 0.3 is 0 Å². The van der Waals surface area contributed by atoms with E-state index in [0.29, 0.717) is 0 Å². The third-order valence-electron chi connectivity index (χ3n) is 1.66. The van der Waals surface area contributed by atoms with Crippen LogP contribution in [0.3, 0.4) is 0 Å². The number of aryl methyl sites for hydroxylation is 2. The van der Waals surface area contributed by atoms with E-state index in [1.165, 1.54) is 24.0 Å². The topological polar surface area (TPSA) is 0 Å². The predicted octanol–water partition coefficient (Wildman–Crippen LogP) is 2.95. The van der Waals surface area contributed by atoms with Crippen LogP contribution in [0.4, 0.5) is 0 Å². The number of benzene rings is 1. The van der Waals surface area contributed by atoms with Crippen LogP contribution in [0.1, 0.15) is 24.5 Å². The zero-order chi connectivity index (χ0) is 7.40. The molecule has 0 saturated carbocycles. The van der Waals surface area contributed by atoms with Crippen LogP contribution < -0.4 is 0 Å². The van der Waals surface area contributed by atoms with Gasteiger partial charge in [0.05, 0.1) is 0 Å². The third-order valence-corrected chi connectivity index (χ3v) is 1.66. The fourth-order valence-electron chi connectivity index (χ4n) is 1.04. The Hall–Kier alpha value is -0.780. The van der Waals surface area contributed by atoms with Gasteiger partial charge in [-0.1, -0.05) is 43.2 Å². The maximum atomic E-state index is 2.21. The Balaban J connectivity index is 2.69. The second-order valence-electron chi connectivity index (χ2n) is 2.74. The summed E-state index contributed by atoms with van der Waals surface area (Å²) in [7, 11) is 0. The van der Waals surface area contributed by atoms with E-state index in [1.807, 2.05) is 0 Å². The summed E-state index contributed by atoms with van der Waals surface area (Å²) in [5.74, 6) is 0. The molecule has 0 unspecified atom stereocenters. The summed E-state index contributed by atoms with van der Waals surface area (Å²) in [6, 6.07) is 8.76. The van der Waals surface area contributed by atoms with Crippen LogP contribution >= 0.6 is 0 Å².